The summed E-state index contributed by atoms with van der Waals surface area (Å²) >= 11 is 0. The van der Waals surface area contributed by atoms with Crippen LogP contribution in [0, 0.1) is 0 Å². The van der Waals surface area contributed by atoms with E-state index in [2.05, 4.69) is 14.8 Å². The van der Waals surface area contributed by atoms with Crippen LogP contribution in [0.3, 0.4) is 0 Å². The number of azide groups is 1. The smallest absolute Gasteiger partial charge is 0.342 e. The summed E-state index contributed by atoms with van der Waals surface area (Å²) in [5, 5.41) is 3.44. The van der Waals surface area contributed by atoms with Gasteiger partial charge in [0, 0.05) is 18.4 Å². The Bertz CT molecular complexity index is 383. The fourth-order valence-corrected chi connectivity index (χ4v) is 1.45. The predicted octanol–water partition coefficient (Wildman–Crippen LogP) is 1.74. The van der Waals surface area contributed by atoms with Crippen LogP contribution in [0.25, 0.3) is 10.4 Å². The van der Waals surface area contributed by atoms with Gasteiger partial charge in [-0.2, -0.15) is 0 Å². The second-order valence-corrected chi connectivity index (χ2v) is 3.29. The van der Waals surface area contributed by atoms with E-state index in [-0.39, 0.29) is 6.54 Å². The van der Waals surface area contributed by atoms with E-state index in [9.17, 15) is 4.79 Å². The summed E-state index contributed by atoms with van der Waals surface area (Å²) in [6.45, 7) is 0.272. The third kappa shape index (κ3) is 2.42. The number of esters is 1. The molecule has 0 aromatic heterocycles. The molecule has 0 bridgehead atoms. The van der Waals surface area contributed by atoms with Gasteiger partial charge in [0.05, 0.1) is 13.7 Å². The van der Waals surface area contributed by atoms with Gasteiger partial charge in [0.1, 0.15) is 0 Å². The Hall–Kier alpha value is -1.78. The molecular weight excluding hydrogens is 210 g/mol. The van der Waals surface area contributed by atoms with E-state index in [1.54, 1.807) is 18.2 Å². The van der Waals surface area contributed by atoms with E-state index in [0.29, 0.717) is 6.42 Å². The van der Waals surface area contributed by atoms with Crippen LogP contribution in [0.5, 0.6) is 0 Å². The van der Waals surface area contributed by atoms with E-state index >= 15 is 0 Å². The normalized spacial score (nSPS) is 23.2. The zero-order chi connectivity index (χ0) is 12.0. The lowest BCUT2D eigenvalue weighted by atomic mass is 9.92. The van der Waals surface area contributed by atoms with Crippen molar-refractivity contribution in [3.63, 3.8) is 0 Å². The molecule has 0 aliphatic heterocycles. The number of hydrogen-bond donors (Lipinski definition) is 0. The molecule has 0 N–H and O–H groups in total. The second-order valence-electron chi connectivity index (χ2n) is 3.29. The van der Waals surface area contributed by atoms with Gasteiger partial charge in [-0.15, -0.1) is 0 Å². The number of hydrogen-bond acceptors (Lipinski definition) is 4. The first kappa shape index (κ1) is 12.3. The molecule has 1 atom stereocenters. The first-order valence-electron chi connectivity index (χ1n) is 4.71. The third-order valence-electron chi connectivity index (χ3n) is 2.45. The van der Waals surface area contributed by atoms with Crippen LogP contribution in [0.1, 0.15) is 6.42 Å². The van der Waals surface area contributed by atoms with Crippen molar-refractivity contribution in [2.24, 2.45) is 5.11 Å². The second kappa shape index (κ2) is 5.34. The lowest BCUT2D eigenvalue weighted by molar-refractivity contribution is -0.160. The molecule has 0 radical (unpaired) electrons. The van der Waals surface area contributed by atoms with Crippen molar-refractivity contribution in [2.75, 3.05) is 20.8 Å². The standard InChI is InChI=1S/C10H13N3O3/c1-15-9(14)10(16-2)5-3-8(4-6-10)7-12-13-11/h3-5H,6-7H2,1-2H3. The molecule has 0 spiro atoms. The molecule has 0 amide bonds. The van der Waals surface area contributed by atoms with Crippen molar-refractivity contribution in [3.05, 3.63) is 34.2 Å². The lowest BCUT2D eigenvalue weighted by Crippen LogP contribution is -2.40. The van der Waals surface area contributed by atoms with Gasteiger partial charge in [0.25, 0.3) is 0 Å². The molecule has 1 unspecified atom stereocenters. The number of rotatable bonds is 4. The quantitative estimate of drug-likeness (QED) is 0.315. The lowest BCUT2D eigenvalue weighted by Gasteiger charge is -2.27. The fourth-order valence-electron chi connectivity index (χ4n) is 1.45. The van der Waals surface area contributed by atoms with Crippen LogP contribution in [0.15, 0.2) is 28.9 Å². The molecule has 6 nitrogen and oxygen atoms in total. The van der Waals surface area contributed by atoms with E-state index in [0.717, 1.165) is 5.57 Å². The minimum Gasteiger partial charge on any atom is -0.467 e. The maximum absolute atomic E-state index is 11.5. The zero-order valence-corrected chi connectivity index (χ0v) is 9.21. The van der Waals surface area contributed by atoms with E-state index in [1.165, 1.54) is 14.2 Å². The van der Waals surface area contributed by atoms with Gasteiger partial charge in [-0.3, -0.25) is 0 Å². The van der Waals surface area contributed by atoms with Gasteiger partial charge >= 0.3 is 5.97 Å². The minimum atomic E-state index is -1.05. The van der Waals surface area contributed by atoms with E-state index in [4.69, 9.17) is 10.3 Å². The number of methoxy groups -OCH3 is 2. The summed E-state index contributed by atoms with van der Waals surface area (Å²) in [6, 6.07) is 0. The molecule has 1 aliphatic carbocycles. The fraction of sp³-hybridized carbons (Fsp3) is 0.500. The number of carbonyl (C=O) groups excluding carboxylic acids is 1. The molecule has 0 aromatic carbocycles. The van der Waals surface area contributed by atoms with Crippen LogP contribution in [-0.4, -0.2) is 32.3 Å². The molecule has 16 heavy (non-hydrogen) atoms. The van der Waals surface area contributed by atoms with Crippen LogP contribution in [0.4, 0.5) is 0 Å². The Morgan fingerprint density at radius 3 is 2.88 bits per heavy atom. The highest BCUT2D eigenvalue weighted by Crippen LogP contribution is 2.25. The van der Waals surface area contributed by atoms with Gasteiger partial charge in [-0.25, -0.2) is 4.79 Å². The number of nitrogens with zero attached hydrogens (tertiary/aromatic N) is 3. The Morgan fingerprint density at radius 2 is 2.44 bits per heavy atom. The van der Waals surface area contributed by atoms with Crippen LogP contribution < -0.4 is 0 Å². The molecule has 0 saturated heterocycles. The highest BCUT2D eigenvalue weighted by atomic mass is 16.6. The van der Waals surface area contributed by atoms with Crippen molar-refractivity contribution in [1.82, 2.24) is 0 Å². The van der Waals surface area contributed by atoms with E-state index in [1.807, 2.05) is 0 Å². The largest absolute Gasteiger partial charge is 0.467 e. The molecule has 86 valence electrons. The summed E-state index contributed by atoms with van der Waals surface area (Å²) in [5.41, 5.74) is 7.99. The molecule has 0 saturated carbocycles. The molecule has 0 fully saturated rings. The molecule has 0 aromatic rings. The predicted molar refractivity (Wildman–Crippen MR) is 57.6 cm³/mol. The number of carbonyl (C=O) groups is 1. The summed E-state index contributed by atoms with van der Waals surface area (Å²) in [5.74, 6) is -0.440. The zero-order valence-electron chi connectivity index (χ0n) is 9.21. The van der Waals surface area contributed by atoms with Gasteiger partial charge < -0.3 is 9.47 Å². The Labute approximate surface area is 93.2 Å². The molecule has 6 heteroatoms. The maximum atomic E-state index is 11.5. The molecule has 1 rings (SSSR count). The third-order valence-corrected chi connectivity index (χ3v) is 2.45. The van der Waals surface area contributed by atoms with Gasteiger partial charge in [0.15, 0.2) is 5.60 Å². The van der Waals surface area contributed by atoms with Crippen molar-refractivity contribution in [2.45, 2.75) is 12.0 Å². The Kier molecular flexibility index (Phi) is 4.10. The average Bonchev–Trinajstić information content (AvgIpc) is 2.36. The van der Waals surface area contributed by atoms with Crippen molar-refractivity contribution in [1.29, 1.82) is 0 Å². The molecular formula is C10H13N3O3. The summed E-state index contributed by atoms with van der Waals surface area (Å²) in [7, 11) is 2.77. The Balaban J connectivity index is 2.78. The topological polar surface area (TPSA) is 84.3 Å². The highest BCUT2D eigenvalue weighted by Gasteiger charge is 2.37. The highest BCUT2D eigenvalue weighted by molar-refractivity contribution is 5.83. The number of ether oxygens (including phenoxy) is 2. The summed E-state index contributed by atoms with van der Waals surface area (Å²) in [6.07, 6.45) is 5.51. The first-order valence-corrected chi connectivity index (χ1v) is 4.71. The molecule has 0 heterocycles. The maximum Gasteiger partial charge on any atom is 0.342 e. The van der Waals surface area contributed by atoms with Crippen molar-refractivity contribution >= 4 is 5.97 Å². The van der Waals surface area contributed by atoms with Crippen LogP contribution >= 0.6 is 0 Å². The van der Waals surface area contributed by atoms with Gasteiger partial charge in [0.2, 0.25) is 0 Å². The average molecular weight is 223 g/mol. The summed E-state index contributed by atoms with van der Waals surface area (Å²) in [4.78, 5) is 14.2. The minimum absolute atomic E-state index is 0.272. The van der Waals surface area contributed by atoms with Gasteiger partial charge in [-0.1, -0.05) is 17.3 Å². The van der Waals surface area contributed by atoms with Crippen LogP contribution in [-0.2, 0) is 14.3 Å². The summed E-state index contributed by atoms with van der Waals surface area (Å²) < 4.78 is 9.85. The molecule has 1 aliphatic rings. The van der Waals surface area contributed by atoms with E-state index < -0.39 is 11.6 Å². The Morgan fingerprint density at radius 1 is 1.69 bits per heavy atom. The monoisotopic (exact) mass is 223 g/mol. The SMILES string of the molecule is COC(=O)C1(OC)C=CC(CN=[N+]=[N-])=CC1. The van der Waals surface area contributed by atoms with Crippen molar-refractivity contribution in [3.8, 4) is 0 Å². The van der Waals surface area contributed by atoms with Gasteiger partial charge in [-0.05, 0) is 17.2 Å². The first-order chi connectivity index (χ1) is 7.68. The van der Waals surface area contributed by atoms with Crippen LogP contribution in [0.2, 0.25) is 0 Å². The van der Waals surface area contributed by atoms with Crippen molar-refractivity contribution < 1.29 is 14.3 Å².